The van der Waals surface area contributed by atoms with Crippen molar-refractivity contribution in [2.75, 3.05) is 19.6 Å². The molecule has 0 aliphatic carbocycles. The monoisotopic (exact) mass is 374 g/mol. The summed E-state index contributed by atoms with van der Waals surface area (Å²) in [7, 11) is 0. The van der Waals surface area contributed by atoms with Crippen molar-refractivity contribution in [2.24, 2.45) is 5.92 Å². The van der Waals surface area contributed by atoms with Gasteiger partial charge in [0.1, 0.15) is 5.76 Å². The van der Waals surface area contributed by atoms with Gasteiger partial charge >= 0.3 is 0 Å². The van der Waals surface area contributed by atoms with Crippen molar-refractivity contribution in [1.82, 2.24) is 19.9 Å². The van der Waals surface area contributed by atoms with Crippen molar-refractivity contribution in [1.29, 1.82) is 0 Å². The molecule has 0 radical (unpaired) electrons. The lowest BCUT2D eigenvalue weighted by atomic mass is 9.94. The van der Waals surface area contributed by atoms with Crippen molar-refractivity contribution in [3.8, 4) is 0 Å². The first-order chi connectivity index (χ1) is 12.6. The first-order valence-corrected chi connectivity index (χ1v) is 10.3. The number of aryl methyl sites for hydroxylation is 2. The fourth-order valence-corrected chi connectivity index (χ4v) is 4.94. The molecular weight excluding hydrogens is 348 g/mol. The first-order valence-electron chi connectivity index (χ1n) is 9.40. The topological polar surface area (TPSA) is 62.5 Å². The van der Waals surface area contributed by atoms with Crippen molar-refractivity contribution >= 4 is 17.2 Å². The molecule has 0 unspecified atom stereocenters. The van der Waals surface area contributed by atoms with E-state index >= 15 is 0 Å². The highest BCUT2D eigenvalue weighted by Crippen LogP contribution is 2.29. The van der Waals surface area contributed by atoms with E-state index in [-0.39, 0.29) is 5.91 Å². The highest BCUT2D eigenvalue weighted by atomic mass is 32.1. The number of carbonyl (C=O) groups excluding carboxylic acids is 1. The third kappa shape index (κ3) is 3.69. The summed E-state index contributed by atoms with van der Waals surface area (Å²) in [6.07, 6.45) is 3.61. The van der Waals surface area contributed by atoms with Gasteiger partial charge in [0.05, 0.1) is 16.9 Å². The standard InChI is InChI=1S/C19H26N4O2S/c1-13-18(14(2)25-21-13)5-6-19(24)23-8-15-3-4-17(23)10-22(7-15)9-16-11-26-12-20-16/h11-12,15,17H,3-10H2,1-2H3/t15-,17+/m0/s1. The number of fused-ring (bicyclic) bond motifs is 4. The molecule has 2 aromatic rings. The third-order valence-corrected chi connectivity index (χ3v) is 6.38. The zero-order valence-corrected chi connectivity index (χ0v) is 16.3. The lowest BCUT2D eigenvalue weighted by Gasteiger charge is -2.36. The number of amides is 1. The van der Waals surface area contributed by atoms with Crippen LogP contribution >= 0.6 is 11.3 Å². The summed E-state index contributed by atoms with van der Waals surface area (Å²) in [5.41, 5.74) is 5.03. The van der Waals surface area contributed by atoms with Crippen molar-refractivity contribution < 1.29 is 9.32 Å². The van der Waals surface area contributed by atoms with Crippen molar-refractivity contribution in [3.63, 3.8) is 0 Å². The first kappa shape index (κ1) is 17.7. The summed E-state index contributed by atoms with van der Waals surface area (Å²) in [5.74, 6) is 1.69. The van der Waals surface area contributed by atoms with Gasteiger partial charge in [-0.05, 0) is 39.0 Å². The summed E-state index contributed by atoms with van der Waals surface area (Å²) < 4.78 is 5.22. The predicted octanol–water partition coefficient (Wildman–Crippen LogP) is 2.80. The number of thiazole rings is 1. The average molecular weight is 375 g/mol. The maximum atomic E-state index is 12.9. The van der Waals surface area contributed by atoms with Crippen molar-refractivity contribution in [2.45, 2.75) is 52.1 Å². The Kier molecular flexibility index (Phi) is 5.09. The van der Waals surface area contributed by atoms with Gasteiger partial charge in [-0.1, -0.05) is 5.16 Å². The molecule has 0 N–H and O–H groups in total. The molecule has 1 amide bonds. The summed E-state index contributed by atoms with van der Waals surface area (Å²) in [6, 6.07) is 0.338. The number of nitrogens with zero attached hydrogens (tertiary/aromatic N) is 4. The molecule has 6 nitrogen and oxygen atoms in total. The highest BCUT2D eigenvalue weighted by Gasteiger charge is 2.37. The third-order valence-electron chi connectivity index (χ3n) is 5.75. The quantitative estimate of drug-likeness (QED) is 0.805. The maximum Gasteiger partial charge on any atom is 0.223 e. The molecule has 2 aromatic heterocycles. The number of piperidine rings is 1. The van der Waals surface area contributed by atoms with Crippen LogP contribution in [0.3, 0.4) is 0 Å². The molecule has 0 spiro atoms. The lowest BCUT2D eigenvalue weighted by Crippen LogP contribution is -2.47. The Hall–Kier alpha value is -1.73. The SMILES string of the molecule is Cc1noc(C)c1CCC(=O)N1C[C@H]2CC[C@@H]1CN(Cc1cscn1)C2. The number of hydrogen-bond acceptors (Lipinski definition) is 6. The molecule has 3 saturated heterocycles. The van der Waals surface area contributed by atoms with Crippen LogP contribution < -0.4 is 0 Å². The van der Waals surface area contributed by atoms with Crippen LogP contribution in [0, 0.1) is 19.8 Å². The van der Waals surface area contributed by atoms with Crippen LogP contribution in [-0.2, 0) is 17.8 Å². The molecule has 7 heteroatoms. The molecule has 3 aliphatic heterocycles. The molecular formula is C19H26N4O2S. The summed E-state index contributed by atoms with van der Waals surface area (Å²) >= 11 is 1.65. The molecule has 140 valence electrons. The second kappa shape index (κ2) is 7.48. The molecule has 2 bridgehead atoms. The van der Waals surface area contributed by atoms with E-state index in [0.29, 0.717) is 18.4 Å². The minimum Gasteiger partial charge on any atom is -0.361 e. The zero-order chi connectivity index (χ0) is 18.1. The molecule has 5 rings (SSSR count). The minimum absolute atomic E-state index is 0.273. The van der Waals surface area contributed by atoms with Gasteiger partial charge in [-0.25, -0.2) is 4.98 Å². The smallest absolute Gasteiger partial charge is 0.223 e. The van der Waals surface area contributed by atoms with Crippen molar-refractivity contribution in [3.05, 3.63) is 33.6 Å². The Bertz CT molecular complexity index is 738. The molecule has 3 fully saturated rings. The van der Waals surface area contributed by atoms with E-state index in [2.05, 4.69) is 25.3 Å². The van der Waals surface area contributed by atoms with E-state index in [1.807, 2.05) is 19.4 Å². The second-order valence-electron chi connectivity index (χ2n) is 7.62. The van der Waals surface area contributed by atoms with Crippen LogP contribution in [-0.4, -0.2) is 51.5 Å². The Balaban J connectivity index is 1.39. The van der Waals surface area contributed by atoms with Gasteiger partial charge in [0.15, 0.2) is 0 Å². The fourth-order valence-electron chi connectivity index (χ4n) is 4.39. The zero-order valence-electron chi connectivity index (χ0n) is 15.5. The van der Waals surface area contributed by atoms with E-state index in [4.69, 9.17) is 4.52 Å². The Morgan fingerprint density at radius 3 is 2.92 bits per heavy atom. The number of aromatic nitrogens is 2. The molecule has 26 heavy (non-hydrogen) atoms. The van der Waals surface area contributed by atoms with E-state index < -0.39 is 0 Å². The van der Waals surface area contributed by atoms with Gasteiger partial charge in [0.2, 0.25) is 5.91 Å². The van der Waals surface area contributed by atoms with E-state index in [0.717, 1.165) is 61.7 Å². The van der Waals surface area contributed by atoms with E-state index in [9.17, 15) is 4.79 Å². The minimum atomic E-state index is 0.273. The van der Waals surface area contributed by atoms with Gasteiger partial charge < -0.3 is 9.42 Å². The van der Waals surface area contributed by atoms with Crippen LogP contribution in [0.25, 0.3) is 0 Å². The van der Waals surface area contributed by atoms with Crippen LogP contribution in [0.5, 0.6) is 0 Å². The van der Waals surface area contributed by atoms with Gasteiger partial charge in [-0.3, -0.25) is 9.69 Å². The van der Waals surface area contributed by atoms with Crippen LogP contribution in [0.4, 0.5) is 0 Å². The summed E-state index contributed by atoms with van der Waals surface area (Å²) in [6.45, 7) is 7.70. The fraction of sp³-hybridized carbons (Fsp3) is 0.632. The summed E-state index contributed by atoms with van der Waals surface area (Å²) in [4.78, 5) is 22.0. The van der Waals surface area contributed by atoms with Gasteiger partial charge in [-0.15, -0.1) is 11.3 Å². The molecule has 5 heterocycles. The maximum absolute atomic E-state index is 12.9. The Morgan fingerprint density at radius 1 is 1.31 bits per heavy atom. The number of rotatable bonds is 5. The predicted molar refractivity (Wildman–Crippen MR) is 99.9 cm³/mol. The average Bonchev–Trinajstić information content (AvgIpc) is 3.14. The van der Waals surface area contributed by atoms with E-state index in [1.165, 1.54) is 6.42 Å². The van der Waals surface area contributed by atoms with Gasteiger partial charge in [0, 0.05) is 49.6 Å². The molecule has 0 saturated carbocycles. The lowest BCUT2D eigenvalue weighted by molar-refractivity contribution is -0.135. The molecule has 0 aromatic carbocycles. The van der Waals surface area contributed by atoms with Crippen LogP contribution in [0.15, 0.2) is 15.4 Å². The van der Waals surface area contributed by atoms with E-state index in [1.54, 1.807) is 11.3 Å². The Labute approximate surface area is 158 Å². The summed E-state index contributed by atoms with van der Waals surface area (Å²) in [5, 5.41) is 6.12. The highest BCUT2D eigenvalue weighted by molar-refractivity contribution is 7.07. The Morgan fingerprint density at radius 2 is 2.19 bits per heavy atom. The number of carbonyl (C=O) groups is 1. The normalized spacial score (nSPS) is 23.4. The van der Waals surface area contributed by atoms with Crippen LogP contribution in [0.2, 0.25) is 0 Å². The second-order valence-corrected chi connectivity index (χ2v) is 8.34. The number of hydrogen-bond donors (Lipinski definition) is 0. The van der Waals surface area contributed by atoms with Gasteiger partial charge in [-0.2, -0.15) is 0 Å². The largest absolute Gasteiger partial charge is 0.361 e. The van der Waals surface area contributed by atoms with Gasteiger partial charge in [0.25, 0.3) is 0 Å². The molecule has 2 atom stereocenters. The molecule has 3 aliphatic rings. The van der Waals surface area contributed by atoms with Crippen LogP contribution in [0.1, 0.15) is 42.0 Å².